The first-order valence-electron chi connectivity index (χ1n) is 12.9. The fourth-order valence-corrected chi connectivity index (χ4v) is 6.39. The van der Waals surface area contributed by atoms with Crippen LogP contribution in [0.25, 0.3) is 10.2 Å². The van der Waals surface area contributed by atoms with E-state index in [1.807, 2.05) is 60.2 Å². The lowest BCUT2D eigenvalue weighted by Gasteiger charge is -2.45. The molecule has 7 heteroatoms. The number of hydrogen-bond donors (Lipinski definition) is 1. The number of hydrogen-bond acceptors (Lipinski definition) is 4. The van der Waals surface area contributed by atoms with E-state index in [2.05, 4.69) is 5.32 Å². The Kier molecular flexibility index (Phi) is 6.87. The van der Waals surface area contributed by atoms with Crippen molar-refractivity contribution in [1.29, 1.82) is 0 Å². The average Bonchev–Trinajstić information content (AvgIpc) is 3.42. The number of nitrogens with one attached hydrogen (secondary N) is 1. The molecule has 1 unspecified atom stereocenters. The Bertz CT molecular complexity index is 1210. The zero-order valence-electron chi connectivity index (χ0n) is 20.7. The van der Waals surface area contributed by atoms with Crippen molar-refractivity contribution in [2.24, 2.45) is 0 Å². The minimum atomic E-state index is -1.01. The molecule has 2 amide bonds. The molecule has 0 saturated heterocycles. The van der Waals surface area contributed by atoms with E-state index < -0.39 is 5.54 Å². The molecule has 2 aromatic heterocycles. The summed E-state index contributed by atoms with van der Waals surface area (Å²) in [4.78, 5) is 29.7. The fourth-order valence-electron chi connectivity index (χ4n) is 5.56. The van der Waals surface area contributed by atoms with Crippen LogP contribution in [0, 0.1) is 0 Å². The van der Waals surface area contributed by atoms with Gasteiger partial charge < -0.3 is 19.5 Å². The maximum atomic E-state index is 14.0. The molecule has 1 aliphatic heterocycles. The van der Waals surface area contributed by atoms with Crippen LogP contribution < -0.4 is 10.1 Å². The molecule has 3 aromatic rings. The number of benzene rings is 1. The molecule has 5 rings (SSSR count). The van der Waals surface area contributed by atoms with Gasteiger partial charge in [0.05, 0.1) is 29.9 Å². The van der Waals surface area contributed by atoms with Crippen LogP contribution in [0.3, 0.4) is 0 Å². The van der Waals surface area contributed by atoms with Gasteiger partial charge in [0, 0.05) is 11.6 Å². The fraction of sp³-hybridized carbons (Fsp3) is 0.500. The van der Waals surface area contributed by atoms with Crippen molar-refractivity contribution in [2.75, 3.05) is 6.61 Å². The zero-order chi connectivity index (χ0) is 24.4. The van der Waals surface area contributed by atoms with E-state index in [1.165, 1.54) is 19.3 Å². The second kappa shape index (κ2) is 10.1. The standard InChI is InChI=1S/C28H35N3O3S/c1-3-34-24-14-10-9-11-20(24)18-31-26(32)23-17-25-22(15-16-35-25)30(23)19-28(31,2)27(33)29-21-12-7-5-4-6-8-13-21/h9-11,14-17,21H,3-8,12-13,18-19H2,1-2H3,(H,29,33). The maximum Gasteiger partial charge on any atom is 0.271 e. The summed E-state index contributed by atoms with van der Waals surface area (Å²) in [5, 5.41) is 5.40. The number of carbonyl (C=O) groups excluding carboxylic acids is 2. The molecular formula is C28H35N3O3S. The summed E-state index contributed by atoms with van der Waals surface area (Å²) < 4.78 is 8.97. The first kappa shape index (κ1) is 23.9. The first-order chi connectivity index (χ1) is 17.0. The van der Waals surface area contributed by atoms with E-state index in [0.29, 0.717) is 25.4 Å². The number of fused-ring (bicyclic) bond motifs is 3. The number of ether oxygens (including phenoxy) is 1. The van der Waals surface area contributed by atoms with Gasteiger partial charge in [-0.2, -0.15) is 0 Å². The van der Waals surface area contributed by atoms with Gasteiger partial charge >= 0.3 is 0 Å². The summed E-state index contributed by atoms with van der Waals surface area (Å²) in [6.45, 7) is 5.18. The first-order valence-corrected chi connectivity index (χ1v) is 13.8. The van der Waals surface area contributed by atoms with Crippen LogP contribution in [-0.4, -0.2) is 39.5 Å². The van der Waals surface area contributed by atoms with Gasteiger partial charge in [-0.05, 0) is 50.3 Å². The van der Waals surface area contributed by atoms with E-state index in [9.17, 15) is 9.59 Å². The Morgan fingerprint density at radius 3 is 2.66 bits per heavy atom. The largest absolute Gasteiger partial charge is 0.494 e. The smallest absolute Gasteiger partial charge is 0.271 e. The lowest BCUT2D eigenvalue weighted by atomic mass is 9.91. The molecule has 0 spiro atoms. The van der Waals surface area contributed by atoms with Gasteiger partial charge in [-0.25, -0.2) is 0 Å². The Morgan fingerprint density at radius 1 is 1.14 bits per heavy atom. The number of nitrogens with zero attached hydrogens (tertiary/aromatic N) is 2. The zero-order valence-corrected chi connectivity index (χ0v) is 21.5. The predicted octanol–water partition coefficient (Wildman–Crippen LogP) is 5.75. The molecule has 1 aromatic carbocycles. The lowest BCUT2D eigenvalue weighted by Crippen LogP contribution is -2.64. The van der Waals surface area contributed by atoms with E-state index in [4.69, 9.17) is 4.74 Å². The quantitative estimate of drug-likeness (QED) is 0.476. The highest BCUT2D eigenvalue weighted by Crippen LogP contribution is 2.36. The van der Waals surface area contributed by atoms with Crippen molar-refractivity contribution in [1.82, 2.24) is 14.8 Å². The SMILES string of the molecule is CCOc1ccccc1CN1C(=O)c2cc3sccc3n2CC1(C)C(=O)NC1CCCCCCC1. The Hall–Kier alpha value is -2.80. The molecule has 186 valence electrons. The van der Waals surface area contributed by atoms with Crippen LogP contribution in [0.1, 0.15) is 74.8 Å². The molecule has 1 saturated carbocycles. The van der Waals surface area contributed by atoms with E-state index in [-0.39, 0.29) is 17.9 Å². The normalized spacial score (nSPS) is 21.4. The Labute approximate surface area is 211 Å². The van der Waals surface area contributed by atoms with Crippen molar-refractivity contribution in [3.63, 3.8) is 0 Å². The van der Waals surface area contributed by atoms with Crippen LogP contribution in [0.5, 0.6) is 5.75 Å². The molecule has 0 bridgehead atoms. The average molecular weight is 494 g/mol. The van der Waals surface area contributed by atoms with Crippen molar-refractivity contribution in [3.05, 3.63) is 53.0 Å². The number of aromatic nitrogens is 1. The third kappa shape index (κ3) is 4.58. The van der Waals surface area contributed by atoms with Gasteiger partial charge in [0.1, 0.15) is 17.0 Å². The van der Waals surface area contributed by atoms with Gasteiger partial charge in [-0.15, -0.1) is 11.3 Å². The summed E-state index contributed by atoms with van der Waals surface area (Å²) in [5.74, 6) is 0.585. The third-order valence-electron chi connectivity index (χ3n) is 7.58. The summed E-state index contributed by atoms with van der Waals surface area (Å²) in [7, 11) is 0. The molecule has 3 heterocycles. The van der Waals surface area contributed by atoms with Crippen LogP contribution in [-0.2, 0) is 17.9 Å². The minimum Gasteiger partial charge on any atom is -0.494 e. The lowest BCUT2D eigenvalue weighted by molar-refractivity contribution is -0.134. The summed E-state index contributed by atoms with van der Waals surface area (Å²) >= 11 is 1.63. The topological polar surface area (TPSA) is 63.6 Å². The van der Waals surface area contributed by atoms with Gasteiger partial charge in [0.25, 0.3) is 5.91 Å². The summed E-state index contributed by atoms with van der Waals surface area (Å²) in [6.07, 6.45) is 8.04. The van der Waals surface area contributed by atoms with Crippen LogP contribution in [0.4, 0.5) is 0 Å². The van der Waals surface area contributed by atoms with E-state index in [0.717, 1.165) is 47.2 Å². The number of amides is 2. The van der Waals surface area contributed by atoms with Crippen molar-refractivity contribution in [3.8, 4) is 5.75 Å². The molecule has 1 aliphatic carbocycles. The van der Waals surface area contributed by atoms with Crippen molar-refractivity contribution >= 4 is 33.4 Å². The molecule has 0 radical (unpaired) electrons. The monoisotopic (exact) mass is 493 g/mol. The van der Waals surface area contributed by atoms with Crippen molar-refractivity contribution in [2.45, 2.75) is 83.5 Å². The summed E-state index contributed by atoms with van der Waals surface area (Å²) in [6, 6.07) is 12.0. The van der Waals surface area contributed by atoms with Gasteiger partial charge in [-0.1, -0.05) is 50.3 Å². The van der Waals surface area contributed by atoms with E-state index >= 15 is 0 Å². The Morgan fingerprint density at radius 2 is 1.89 bits per heavy atom. The number of para-hydroxylation sites is 1. The highest BCUT2D eigenvalue weighted by Gasteiger charge is 2.48. The molecule has 35 heavy (non-hydrogen) atoms. The molecule has 6 nitrogen and oxygen atoms in total. The number of carbonyl (C=O) groups is 2. The van der Waals surface area contributed by atoms with Gasteiger partial charge in [0.2, 0.25) is 5.91 Å². The van der Waals surface area contributed by atoms with Gasteiger partial charge in [-0.3, -0.25) is 9.59 Å². The van der Waals surface area contributed by atoms with Crippen LogP contribution in [0.2, 0.25) is 0 Å². The van der Waals surface area contributed by atoms with Crippen LogP contribution in [0.15, 0.2) is 41.8 Å². The number of thiophene rings is 1. The molecular weight excluding hydrogens is 458 g/mol. The minimum absolute atomic E-state index is 0.0620. The maximum absolute atomic E-state index is 14.0. The van der Waals surface area contributed by atoms with Crippen LogP contribution >= 0.6 is 11.3 Å². The Balaban J connectivity index is 1.51. The van der Waals surface area contributed by atoms with E-state index in [1.54, 1.807) is 16.2 Å². The highest BCUT2D eigenvalue weighted by atomic mass is 32.1. The molecule has 2 aliphatic rings. The highest BCUT2D eigenvalue weighted by molar-refractivity contribution is 7.17. The number of rotatable bonds is 6. The molecule has 1 fully saturated rings. The van der Waals surface area contributed by atoms with Gasteiger partial charge in [0.15, 0.2) is 0 Å². The predicted molar refractivity (Wildman–Crippen MR) is 140 cm³/mol. The summed E-state index contributed by atoms with van der Waals surface area (Å²) in [5.41, 5.74) is 1.57. The second-order valence-electron chi connectivity index (χ2n) is 10.0. The van der Waals surface area contributed by atoms with Crippen molar-refractivity contribution < 1.29 is 14.3 Å². The second-order valence-corrected chi connectivity index (χ2v) is 11.0. The third-order valence-corrected chi connectivity index (χ3v) is 8.43. The molecule has 1 atom stereocenters. The molecule has 1 N–H and O–H groups in total.